The zero-order valence-corrected chi connectivity index (χ0v) is 16.6. The Morgan fingerprint density at radius 3 is 2.60 bits per heavy atom. The second kappa shape index (κ2) is 8.48. The molecule has 0 aliphatic heterocycles. The van der Waals surface area contributed by atoms with Gasteiger partial charge in [-0.3, -0.25) is 0 Å². The normalized spacial score (nSPS) is 18.7. The number of nitrogens with one attached hydrogen (secondary N) is 1. The lowest BCUT2D eigenvalue weighted by molar-refractivity contribution is -0.137. The SMILES string of the molecule is CC1CCC(NCc2cccnc2Oc2cccc(C(F)(F)F)c2)c2ccccc21. The summed E-state index contributed by atoms with van der Waals surface area (Å²) in [5.74, 6) is 0.959. The monoisotopic (exact) mass is 412 g/mol. The van der Waals surface area contributed by atoms with Crippen molar-refractivity contribution in [3.8, 4) is 11.6 Å². The largest absolute Gasteiger partial charge is 0.439 e. The van der Waals surface area contributed by atoms with Crippen molar-refractivity contribution in [2.45, 2.75) is 44.4 Å². The minimum atomic E-state index is -4.42. The van der Waals surface area contributed by atoms with Crippen molar-refractivity contribution >= 4 is 0 Å². The van der Waals surface area contributed by atoms with Crippen molar-refractivity contribution in [2.75, 3.05) is 0 Å². The zero-order valence-electron chi connectivity index (χ0n) is 16.6. The molecule has 6 heteroatoms. The van der Waals surface area contributed by atoms with Gasteiger partial charge in [0.05, 0.1) is 5.56 Å². The first-order valence-corrected chi connectivity index (χ1v) is 10.0. The van der Waals surface area contributed by atoms with Gasteiger partial charge in [0, 0.05) is 24.3 Å². The van der Waals surface area contributed by atoms with Gasteiger partial charge in [-0.15, -0.1) is 0 Å². The van der Waals surface area contributed by atoms with Gasteiger partial charge in [0.25, 0.3) is 0 Å². The molecule has 1 aliphatic carbocycles. The van der Waals surface area contributed by atoms with Gasteiger partial charge in [0.1, 0.15) is 5.75 Å². The van der Waals surface area contributed by atoms with Crippen LogP contribution in [0.2, 0.25) is 0 Å². The fourth-order valence-electron chi connectivity index (χ4n) is 3.95. The van der Waals surface area contributed by atoms with Crippen molar-refractivity contribution < 1.29 is 17.9 Å². The summed E-state index contributed by atoms with van der Waals surface area (Å²) < 4.78 is 44.7. The molecule has 4 rings (SSSR count). The van der Waals surface area contributed by atoms with Crippen LogP contribution >= 0.6 is 0 Å². The van der Waals surface area contributed by atoms with Crippen molar-refractivity contribution in [2.24, 2.45) is 0 Å². The van der Waals surface area contributed by atoms with Gasteiger partial charge in [-0.2, -0.15) is 13.2 Å². The van der Waals surface area contributed by atoms with E-state index in [1.54, 1.807) is 12.3 Å². The third kappa shape index (κ3) is 4.49. The number of pyridine rings is 1. The Morgan fingerprint density at radius 1 is 1.00 bits per heavy atom. The highest BCUT2D eigenvalue weighted by Crippen LogP contribution is 2.37. The van der Waals surface area contributed by atoms with Crippen LogP contribution in [0.15, 0.2) is 66.9 Å². The molecular formula is C24H23F3N2O. The van der Waals surface area contributed by atoms with Gasteiger partial charge in [-0.05, 0) is 54.2 Å². The Morgan fingerprint density at radius 2 is 1.80 bits per heavy atom. The molecule has 3 nitrogen and oxygen atoms in total. The molecule has 1 aromatic heterocycles. The summed E-state index contributed by atoms with van der Waals surface area (Å²) in [5, 5.41) is 3.58. The van der Waals surface area contributed by atoms with E-state index in [2.05, 4.69) is 41.5 Å². The number of benzene rings is 2. The molecular weight excluding hydrogens is 389 g/mol. The molecule has 0 saturated heterocycles. The smallest absolute Gasteiger partial charge is 0.416 e. The molecule has 0 amide bonds. The van der Waals surface area contributed by atoms with E-state index in [1.807, 2.05) is 6.07 Å². The van der Waals surface area contributed by atoms with E-state index in [4.69, 9.17) is 4.74 Å². The van der Waals surface area contributed by atoms with E-state index in [9.17, 15) is 13.2 Å². The van der Waals surface area contributed by atoms with Gasteiger partial charge in [0.2, 0.25) is 5.88 Å². The Hall–Kier alpha value is -2.86. The van der Waals surface area contributed by atoms with Crippen molar-refractivity contribution in [3.63, 3.8) is 0 Å². The first-order chi connectivity index (χ1) is 14.4. The summed E-state index contributed by atoms with van der Waals surface area (Å²) in [6.45, 7) is 2.76. The maximum absolute atomic E-state index is 13.0. The molecule has 3 aromatic rings. The number of fused-ring (bicyclic) bond motifs is 1. The number of rotatable bonds is 5. The van der Waals surface area contributed by atoms with E-state index in [1.165, 1.54) is 23.3 Å². The lowest BCUT2D eigenvalue weighted by Gasteiger charge is -2.30. The van der Waals surface area contributed by atoms with E-state index < -0.39 is 11.7 Å². The topological polar surface area (TPSA) is 34.2 Å². The lowest BCUT2D eigenvalue weighted by Crippen LogP contribution is -2.26. The number of halogens is 3. The van der Waals surface area contributed by atoms with Crippen LogP contribution in [-0.2, 0) is 12.7 Å². The van der Waals surface area contributed by atoms with Gasteiger partial charge in [-0.25, -0.2) is 4.98 Å². The second-order valence-electron chi connectivity index (χ2n) is 7.64. The highest BCUT2D eigenvalue weighted by Gasteiger charge is 2.30. The average Bonchev–Trinajstić information content (AvgIpc) is 2.74. The van der Waals surface area contributed by atoms with Gasteiger partial charge in [-0.1, -0.05) is 43.3 Å². The first-order valence-electron chi connectivity index (χ1n) is 10.0. The van der Waals surface area contributed by atoms with Gasteiger partial charge < -0.3 is 10.1 Å². The average molecular weight is 412 g/mol. The molecule has 30 heavy (non-hydrogen) atoms. The minimum Gasteiger partial charge on any atom is -0.439 e. The van der Waals surface area contributed by atoms with Crippen LogP contribution in [0.3, 0.4) is 0 Å². The number of aromatic nitrogens is 1. The summed E-state index contributed by atoms with van der Waals surface area (Å²) in [7, 11) is 0. The fraction of sp³-hybridized carbons (Fsp3) is 0.292. The summed E-state index contributed by atoms with van der Waals surface area (Å²) in [6, 6.07) is 17.2. The quantitative estimate of drug-likeness (QED) is 0.511. The van der Waals surface area contributed by atoms with Gasteiger partial charge in [0.15, 0.2) is 0 Å². The van der Waals surface area contributed by atoms with Crippen LogP contribution in [0.5, 0.6) is 11.6 Å². The molecule has 0 bridgehead atoms. The number of nitrogens with zero attached hydrogens (tertiary/aromatic N) is 1. The van der Waals surface area contributed by atoms with Crippen molar-refractivity contribution in [1.82, 2.24) is 10.3 Å². The molecule has 2 unspecified atom stereocenters. The summed E-state index contributed by atoms with van der Waals surface area (Å²) in [5.41, 5.74) is 2.72. The number of hydrogen-bond donors (Lipinski definition) is 1. The van der Waals surface area contributed by atoms with Crippen molar-refractivity contribution in [3.05, 3.63) is 89.1 Å². The molecule has 0 radical (unpaired) electrons. The van der Waals surface area contributed by atoms with E-state index >= 15 is 0 Å². The molecule has 0 fully saturated rings. The predicted molar refractivity (Wildman–Crippen MR) is 109 cm³/mol. The molecule has 2 aromatic carbocycles. The number of hydrogen-bond acceptors (Lipinski definition) is 3. The highest BCUT2D eigenvalue weighted by atomic mass is 19.4. The Bertz CT molecular complexity index is 1020. The molecule has 0 saturated carbocycles. The van der Waals surface area contributed by atoms with Crippen LogP contribution in [-0.4, -0.2) is 4.98 Å². The number of ether oxygens (including phenoxy) is 1. The van der Waals surface area contributed by atoms with Crippen LogP contribution in [0.1, 0.15) is 54.0 Å². The summed E-state index contributed by atoms with van der Waals surface area (Å²) in [4.78, 5) is 4.24. The standard InChI is InChI=1S/C24H23F3N2O/c1-16-11-12-22(21-10-3-2-9-20(16)21)29-15-17-6-5-13-28-23(17)30-19-8-4-7-18(14-19)24(25,26)27/h2-10,13-14,16,22,29H,11-12,15H2,1H3. The van der Waals surface area contributed by atoms with E-state index in [0.29, 0.717) is 18.3 Å². The Kier molecular flexibility index (Phi) is 5.77. The highest BCUT2D eigenvalue weighted by molar-refractivity contribution is 5.37. The molecule has 1 aliphatic rings. The molecule has 1 N–H and O–H groups in total. The van der Waals surface area contributed by atoms with Crippen LogP contribution in [0.4, 0.5) is 13.2 Å². The molecule has 0 spiro atoms. The van der Waals surface area contributed by atoms with E-state index in [-0.39, 0.29) is 11.8 Å². The van der Waals surface area contributed by atoms with Crippen LogP contribution < -0.4 is 10.1 Å². The minimum absolute atomic E-state index is 0.113. The van der Waals surface area contributed by atoms with E-state index in [0.717, 1.165) is 30.5 Å². The number of alkyl halides is 3. The maximum atomic E-state index is 13.0. The Labute approximate surface area is 173 Å². The Balaban J connectivity index is 1.51. The summed E-state index contributed by atoms with van der Waals surface area (Å²) >= 11 is 0. The molecule has 2 atom stereocenters. The van der Waals surface area contributed by atoms with Crippen LogP contribution in [0, 0.1) is 0 Å². The third-order valence-electron chi connectivity index (χ3n) is 5.56. The fourth-order valence-corrected chi connectivity index (χ4v) is 3.95. The van der Waals surface area contributed by atoms with Crippen molar-refractivity contribution in [1.29, 1.82) is 0 Å². The predicted octanol–water partition coefficient (Wildman–Crippen LogP) is 6.62. The summed E-state index contributed by atoms with van der Waals surface area (Å²) in [6.07, 6.45) is -0.707. The lowest BCUT2D eigenvalue weighted by atomic mass is 9.81. The second-order valence-corrected chi connectivity index (χ2v) is 7.64. The van der Waals surface area contributed by atoms with Gasteiger partial charge >= 0.3 is 6.18 Å². The van der Waals surface area contributed by atoms with Crippen LogP contribution in [0.25, 0.3) is 0 Å². The molecule has 1 heterocycles. The zero-order chi connectivity index (χ0) is 21.1. The maximum Gasteiger partial charge on any atom is 0.416 e. The molecule has 156 valence electrons. The first kappa shape index (κ1) is 20.4. The third-order valence-corrected chi connectivity index (χ3v) is 5.56.